The number of anilines is 1. The standard InChI is InChI=1S/C14H21N3O/c1-11(2)18-10-6-5-9-15-14-16-12-7-3-4-8-13(12)17-14/h3-4,7-8,11H,5-6,9-10H2,1-2H3,(H2,15,16,17). The van der Waals surface area contributed by atoms with E-state index in [2.05, 4.69) is 29.1 Å². The number of fused-ring (bicyclic) bond motifs is 1. The first-order valence-corrected chi connectivity index (χ1v) is 6.56. The van der Waals surface area contributed by atoms with Gasteiger partial charge in [0, 0.05) is 13.2 Å². The number of hydrogen-bond acceptors (Lipinski definition) is 3. The van der Waals surface area contributed by atoms with Crippen molar-refractivity contribution in [3.63, 3.8) is 0 Å². The molecule has 1 aromatic carbocycles. The molecule has 98 valence electrons. The largest absolute Gasteiger partial charge is 0.379 e. The van der Waals surface area contributed by atoms with E-state index in [1.807, 2.05) is 24.3 Å². The molecule has 4 heteroatoms. The van der Waals surface area contributed by atoms with Gasteiger partial charge >= 0.3 is 0 Å². The van der Waals surface area contributed by atoms with Crippen LogP contribution in [-0.4, -0.2) is 29.2 Å². The molecule has 18 heavy (non-hydrogen) atoms. The lowest BCUT2D eigenvalue weighted by atomic mass is 10.3. The second-order valence-electron chi connectivity index (χ2n) is 4.66. The Morgan fingerprint density at radius 2 is 2.11 bits per heavy atom. The van der Waals surface area contributed by atoms with Gasteiger partial charge < -0.3 is 15.0 Å². The van der Waals surface area contributed by atoms with Crippen LogP contribution < -0.4 is 5.32 Å². The molecule has 0 spiro atoms. The highest BCUT2D eigenvalue weighted by Crippen LogP contribution is 2.13. The highest BCUT2D eigenvalue weighted by atomic mass is 16.5. The van der Waals surface area contributed by atoms with Gasteiger partial charge in [0.05, 0.1) is 17.1 Å². The molecule has 0 aliphatic carbocycles. The fourth-order valence-electron chi connectivity index (χ4n) is 1.79. The summed E-state index contributed by atoms with van der Waals surface area (Å²) in [5, 5.41) is 3.30. The summed E-state index contributed by atoms with van der Waals surface area (Å²) in [4.78, 5) is 7.71. The molecule has 0 atom stereocenters. The zero-order chi connectivity index (χ0) is 12.8. The fourth-order valence-corrected chi connectivity index (χ4v) is 1.79. The van der Waals surface area contributed by atoms with Crippen LogP contribution in [0.15, 0.2) is 24.3 Å². The summed E-state index contributed by atoms with van der Waals surface area (Å²) >= 11 is 0. The number of para-hydroxylation sites is 2. The summed E-state index contributed by atoms with van der Waals surface area (Å²) in [6.45, 7) is 5.88. The van der Waals surface area contributed by atoms with Crippen LogP contribution in [0.3, 0.4) is 0 Å². The van der Waals surface area contributed by atoms with Crippen molar-refractivity contribution >= 4 is 17.0 Å². The maximum Gasteiger partial charge on any atom is 0.201 e. The van der Waals surface area contributed by atoms with Gasteiger partial charge in [-0.15, -0.1) is 0 Å². The van der Waals surface area contributed by atoms with Crippen LogP contribution in [0.1, 0.15) is 26.7 Å². The third-order valence-electron chi connectivity index (χ3n) is 2.70. The van der Waals surface area contributed by atoms with E-state index >= 15 is 0 Å². The van der Waals surface area contributed by atoms with E-state index < -0.39 is 0 Å². The lowest BCUT2D eigenvalue weighted by molar-refractivity contribution is 0.0765. The first kappa shape index (κ1) is 12.9. The van der Waals surface area contributed by atoms with Gasteiger partial charge in [0.15, 0.2) is 0 Å². The summed E-state index contributed by atoms with van der Waals surface area (Å²) in [6, 6.07) is 8.04. The van der Waals surface area contributed by atoms with E-state index in [0.29, 0.717) is 6.10 Å². The van der Waals surface area contributed by atoms with E-state index in [4.69, 9.17) is 4.74 Å². The average Bonchev–Trinajstić information content (AvgIpc) is 2.75. The predicted molar refractivity (Wildman–Crippen MR) is 74.9 cm³/mol. The molecule has 0 saturated carbocycles. The number of ether oxygens (including phenoxy) is 1. The number of nitrogens with zero attached hydrogens (tertiary/aromatic N) is 1. The van der Waals surface area contributed by atoms with E-state index in [-0.39, 0.29) is 0 Å². The Bertz CT molecular complexity index is 446. The van der Waals surface area contributed by atoms with Crippen molar-refractivity contribution in [3.8, 4) is 0 Å². The Balaban J connectivity index is 1.70. The molecule has 2 N–H and O–H groups in total. The van der Waals surface area contributed by atoms with E-state index in [9.17, 15) is 0 Å². The fraction of sp³-hybridized carbons (Fsp3) is 0.500. The topological polar surface area (TPSA) is 49.9 Å². The zero-order valence-electron chi connectivity index (χ0n) is 11.1. The molecule has 0 fully saturated rings. The number of hydrogen-bond donors (Lipinski definition) is 2. The number of H-pyrrole nitrogens is 1. The molecule has 1 aromatic heterocycles. The van der Waals surface area contributed by atoms with Crippen molar-refractivity contribution in [2.75, 3.05) is 18.5 Å². The van der Waals surface area contributed by atoms with Crippen LogP contribution in [-0.2, 0) is 4.74 Å². The first-order valence-electron chi connectivity index (χ1n) is 6.56. The summed E-state index contributed by atoms with van der Waals surface area (Å²) in [5.74, 6) is 0.848. The van der Waals surface area contributed by atoms with Gasteiger partial charge in [0.2, 0.25) is 5.95 Å². The zero-order valence-corrected chi connectivity index (χ0v) is 11.1. The summed E-state index contributed by atoms with van der Waals surface area (Å²) in [5.41, 5.74) is 2.08. The third kappa shape index (κ3) is 3.74. The molecule has 0 aliphatic heterocycles. The normalized spacial score (nSPS) is 11.3. The molecule has 4 nitrogen and oxygen atoms in total. The van der Waals surface area contributed by atoms with Crippen molar-refractivity contribution in [2.45, 2.75) is 32.8 Å². The number of aromatic amines is 1. The summed E-state index contributed by atoms with van der Waals surface area (Å²) in [6.07, 6.45) is 2.49. The van der Waals surface area contributed by atoms with Gasteiger partial charge in [-0.1, -0.05) is 12.1 Å². The van der Waals surface area contributed by atoms with E-state index in [1.165, 1.54) is 0 Å². The molecule has 0 aliphatic rings. The van der Waals surface area contributed by atoms with Crippen molar-refractivity contribution in [1.82, 2.24) is 9.97 Å². The highest BCUT2D eigenvalue weighted by molar-refractivity contribution is 5.77. The predicted octanol–water partition coefficient (Wildman–Crippen LogP) is 3.18. The van der Waals surface area contributed by atoms with Gasteiger partial charge in [-0.2, -0.15) is 0 Å². The van der Waals surface area contributed by atoms with E-state index in [1.54, 1.807) is 0 Å². The molecule has 2 aromatic rings. The Morgan fingerprint density at radius 1 is 1.28 bits per heavy atom. The minimum atomic E-state index is 0.327. The van der Waals surface area contributed by atoms with Gasteiger partial charge in [-0.3, -0.25) is 0 Å². The Kier molecular flexibility index (Phi) is 4.59. The maximum absolute atomic E-state index is 5.49. The summed E-state index contributed by atoms with van der Waals surface area (Å²) in [7, 11) is 0. The second-order valence-corrected chi connectivity index (χ2v) is 4.66. The van der Waals surface area contributed by atoms with Crippen LogP contribution in [0, 0.1) is 0 Å². The minimum Gasteiger partial charge on any atom is -0.379 e. The van der Waals surface area contributed by atoms with Crippen LogP contribution in [0.2, 0.25) is 0 Å². The van der Waals surface area contributed by atoms with Crippen LogP contribution in [0.25, 0.3) is 11.0 Å². The van der Waals surface area contributed by atoms with Crippen molar-refractivity contribution in [3.05, 3.63) is 24.3 Å². The lowest BCUT2D eigenvalue weighted by Gasteiger charge is -2.07. The molecule has 2 rings (SSSR count). The van der Waals surface area contributed by atoms with Gasteiger partial charge in [-0.25, -0.2) is 4.98 Å². The Labute approximate surface area is 108 Å². The summed E-state index contributed by atoms with van der Waals surface area (Å²) < 4.78 is 5.49. The number of nitrogens with one attached hydrogen (secondary N) is 2. The van der Waals surface area contributed by atoms with Crippen molar-refractivity contribution < 1.29 is 4.74 Å². The first-order chi connectivity index (χ1) is 8.75. The Morgan fingerprint density at radius 3 is 2.89 bits per heavy atom. The molecule has 0 amide bonds. The number of aromatic nitrogens is 2. The van der Waals surface area contributed by atoms with Crippen molar-refractivity contribution in [1.29, 1.82) is 0 Å². The van der Waals surface area contributed by atoms with Gasteiger partial charge in [0.25, 0.3) is 0 Å². The van der Waals surface area contributed by atoms with Gasteiger partial charge in [-0.05, 0) is 38.8 Å². The molecular formula is C14H21N3O. The lowest BCUT2D eigenvalue weighted by Crippen LogP contribution is -2.07. The second kappa shape index (κ2) is 6.40. The molecule has 0 radical (unpaired) electrons. The molecule has 0 saturated heterocycles. The SMILES string of the molecule is CC(C)OCCCCNc1nc2ccccc2[nH]1. The average molecular weight is 247 g/mol. The molecule has 0 unspecified atom stereocenters. The molecular weight excluding hydrogens is 226 g/mol. The Hall–Kier alpha value is -1.55. The molecule has 1 heterocycles. The monoisotopic (exact) mass is 247 g/mol. The minimum absolute atomic E-state index is 0.327. The van der Waals surface area contributed by atoms with Crippen molar-refractivity contribution in [2.24, 2.45) is 0 Å². The van der Waals surface area contributed by atoms with Gasteiger partial charge in [0.1, 0.15) is 0 Å². The van der Waals surface area contributed by atoms with Crippen LogP contribution in [0.5, 0.6) is 0 Å². The number of rotatable bonds is 7. The number of unbranched alkanes of at least 4 members (excludes halogenated alkanes) is 1. The molecule has 0 bridgehead atoms. The highest BCUT2D eigenvalue weighted by Gasteiger charge is 2.00. The van der Waals surface area contributed by atoms with Crippen LogP contribution >= 0.6 is 0 Å². The van der Waals surface area contributed by atoms with E-state index in [0.717, 1.165) is 43.0 Å². The third-order valence-corrected chi connectivity index (χ3v) is 2.70. The number of imidazole rings is 1. The van der Waals surface area contributed by atoms with Crippen LogP contribution in [0.4, 0.5) is 5.95 Å². The number of benzene rings is 1. The quantitative estimate of drug-likeness (QED) is 0.739. The smallest absolute Gasteiger partial charge is 0.201 e. The maximum atomic E-state index is 5.49.